The quantitative estimate of drug-likeness (QED) is 0.687. The molecule has 1 aromatic carbocycles. The molecule has 1 aromatic heterocycles. The molecule has 2 rings (SSSR count). The van der Waals surface area contributed by atoms with Crippen molar-refractivity contribution in [3.63, 3.8) is 0 Å². The summed E-state index contributed by atoms with van der Waals surface area (Å²) >= 11 is 0. The van der Waals surface area contributed by atoms with E-state index >= 15 is 0 Å². The monoisotopic (exact) mass is 386 g/mol. The number of nitrogens with one attached hydrogen (secondary N) is 1. The lowest BCUT2D eigenvalue weighted by Crippen LogP contribution is -2.29. The highest BCUT2D eigenvalue weighted by Gasteiger charge is 2.20. The largest absolute Gasteiger partial charge is 0.479 e. The van der Waals surface area contributed by atoms with E-state index in [9.17, 15) is 14.7 Å². The number of aryl methyl sites for hydroxylation is 1. The second kappa shape index (κ2) is 10.4. The van der Waals surface area contributed by atoms with Crippen molar-refractivity contribution in [3.05, 3.63) is 65.0 Å². The fourth-order valence-electron chi connectivity index (χ4n) is 2.65. The number of ether oxygens (including phenoxy) is 2. The van der Waals surface area contributed by atoms with Crippen LogP contribution in [-0.4, -0.2) is 34.4 Å². The van der Waals surface area contributed by atoms with Crippen molar-refractivity contribution in [3.8, 4) is 0 Å². The van der Waals surface area contributed by atoms with Crippen molar-refractivity contribution in [1.29, 1.82) is 0 Å². The Bertz CT molecular complexity index is 807. The van der Waals surface area contributed by atoms with Crippen molar-refractivity contribution >= 4 is 12.1 Å². The van der Waals surface area contributed by atoms with Crippen molar-refractivity contribution in [1.82, 2.24) is 10.3 Å². The molecule has 0 radical (unpaired) electrons. The van der Waals surface area contributed by atoms with E-state index in [1.807, 2.05) is 43.3 Å². The van der Waals surface area contributed by atoms with Crippen LogP contribution in [0.3, 0.4) is 0 Å². The summed E-state index contributed by atoms with van der Waals surface area (Å²) in [6.07, 6.45) is -1.37. The standard InChI is InChI=1S/C21H26N2O5/c1-14(2)28-19(20(24)25)11-16-7-5-8-17(10-16)12-22-21(26)27-13-18-9-4-6-15(3)23-18/h4-10,14,19H,11-13H2,1-3H3,(H,22,26)(H,24,25). The van der Waals surface area contributed by atoms with E-state index in [2.05, 4.69) is 10.3 Å². The Hall–Kier alpha value is -2.93. The summed E-state index contributed by atoms with van der Waals surface area (Å²) in [4.78, 5) is 27.5. The molecule has 0 aliphatic heterocycles. The Morgan fingerprint density at radius 3 is 2.54 bits per heavy atom. The maximum Gasteiger partial charge on any atom is 0.407 e. The molecule has 1 atom stereocenters. The third kappa shape index (κ3) is 7.36. The molecule has 7 nitrogen and oxygen atoms in total. The van der Waals surface area contributed by atoms with Gasteiger partial charge in [-0.1, -0.05) is 30.3 Å². The lowest BCUT2D eigenvalue weighted by atomic mass is 10.0. The predicted octanol–water partition coefficient (Wildman–Crippen LogP) is 3.24. The number of nitrogens with zero attached hydrogens (tertiary/aromatic N) is 1. The summed E-state index contributed by atoms with van der Waals surface area (Å²) in [6, 6.07) is 12.9. The number of aromatic nitrogens is 1. The first-order chi connectivity index (χ1) is 13.3. The van der Waals surface area contributed by atoms with Crippen LogP contribution in [0.1, 0.15) is 36.4 Å². The highest BCUT2D eigenvalue weighted by molar-refractivity contribution is 5.72. The van der Waals surface area contributed by atoms with E-state index in [0.717, 1.165) is 16.8 Å². The molecule has 0 fully saturated rings. The van der Waals surface area contributed by atoms with Gasteiger partial charge in [-0.15, -0.1) is 0 Å². The molecule has 0 saturated carbocycles. The third-order valence-electron chi connectivity index (χ3n) is 3.86. The van der Waals surface area contributed by atoms with Crippen molar-refractivity contribution in [2.24, 2.45) is 0 Å². The van der Waals surface area contributed by atoms with Gasteiger partial charge in [0.15, 0.2) is 6.10 Å². The molecule has 0 aliphatic carbocycles. The Labute approximate surface area is 164 Å². The second-order valence-corrected chi connectivity index (χ2v) is 6.74. The van der Waals surface area contributed by atoms with Gasteiger partial charge in [0.2, 0.25) is 0 Å². The Morgan fingerprint density at radius 2 is 1.86 bits per heavy atom. The number of pyridine rings is 1. The van der Waals surface area contributed by atoms with Crippen LogP contribution in [0.5, 0.6) is 0 Å². The number of amides is 1. The topological polar surface area (TPSA) is 97.8 Å². The third-order valence-corrected chi connectivity index (χ3v) is 3.86. The van der Waals surface area contributed by atoms with Crippen LogP contribution < -0.4 is 5.32 Å². The number of benzene rings is 1. The summed E-state index contributed by atoms with van der Waals surface area (Å²) in [5.74, 6) is -0.995. The summed E-state index contributed by atoms with van der Waals surface area (Å²) in [5.41, 5.74) is 3.21. The van der Waals surface area contributed by atoms with E-state index in [1.165, 1.54) is 0 Å². The number of carboxylic acid groups (broad SMARTS) is 1. The van der Waals surface area contributed by atoms with E-state index in [-0.39, 0.29) is 25.7 Å². The van der Waals surface area contributed by atoms with Crippen LogP contribution in [0.15, 0.2) is 42.5 Å². The first-order valence-corrected chi connectivity index (χ1v) is 9.12. The lowest BCUT2D eigenvalue weighted by molar-refractivity contribution is -0.153. The van der Waals surface area contributed by atoms with Crippen molar-refractivity contribution in [2.45, 2.75) is 52.6 Å². The van der Waals surface area contributed by atoms with Gasteiger partial charge in [0.1, 0.15) is 6.61 Å². The fourth-order valence-corrected chi connectivity index (χ4v) is 2.65. The number of hydrogen-bond acceptors (Lipinski definition) is 5. The van der Waals surface area contributed by atoms with Crippen LogP contribution in [-0.2, 0) is 33.8 Å². The molecular formula is C21H26N2O5. The fraction of sp³-hybridized carbons (Fsp3) is 0.381. The van der Waals surface area contributed by atoms with Gasteiger partial charge in [-0.25, -0.2) is 9.59 Å². The van der Waals surface area contributed by atoms with E-state index < -0.39 is 18.2 Å². The van der Waals surface area contributed by atoms with E-state index in [0.29, 0.717) is 5.69 Å². The van der Waals surface area contributed by atoms with Crippen LogP contribution in [0.2, 0.25) is 0 Å². The molecule has 1 heterocycles. The lowest BCUT2D eigenvalue weighted by Gasteiger charge is -2.17. The van der Waals surface area contributed by atoms with Gasteiger partial charge in [0, 0.05) is 18.7 Å². The van der Waals surface area contributed by atoms with Gasteiger partial charge in [-0.05, 0) is 44.0 Å². The van der Waals surface area contributed by atoms with Crippen molar-refractivity contribution in [2.75, 3.05) is 0 Å². The molecule has 28 heavy (non-hydrogen) atoms. The number of carbonyl (C=O) groups is 2. The van der Waals surface area contributed by atoms with Gasteiger partial charge >= 0.3 is 12.1 Å². The van der Waals surface area contributed by atoms with E-state index in [4.69, 9.17) is 9.47 Å². The summed E-state index contributed by atoms with van der Waals surface area (Å²) in [7, 11) is 0. The molecule has 150 valence electrons. The molecule has 1 unspecified atom stereocenters. The Balaban J connectivity index is 1.86. The first-order valence-electron chi connectivity index (χ1n) is 9.12. The number of aliphatic carboxylic acids is 1. The maximum atomic E-state index is 11.9. The average molecular weight is 386 g/mol. The van der Waals surface area contributed by atoms with Gasteiger partial charge < -0.3 is 19.9 Å². The highest BCUT2D eigenvalue weighted by atomic mass is 16.5. The van der Waals surface area contributed by atoms with Gasteiger partial charge in [0.25, 0.3) is 0 Å². The summed E-state index contributed by atoms with van der Waals surface area (Å²) in [5, 5.41) is 12.0. The second-order valence-electron chi connectivity index (χ2n) is 6.74. The van der Waals surface area contributed by atoms with Gasteiger partial charge in [0.05, 0.1) is 11.8 Å². The molecule has 1 amide bonds. The zero-order chi connectivity index (χ0) is 20.5. The predicted molar refractivity (Wildman–Crippen MR) is 104 cm³/mol. The smallest absolute Gasteiger partial charge is 0.407 e. The summed E-state index contributed by atoms with van der Waals surface area (Å²) < 4.78 is 10.6. The maximum absolute atomic E-state index is 11.9. The normalized spacial score (nSPS) is 11.9. The number of rotatable bonds is 9. The first kappa shape index (κ1) is 21.4. The minimum absolute atomic E-state index is 0.0976. The minimum atomic E-state index is -0.995. The average Bonchev–Trinajstić information content (AvgIpc) is 2.64. The SMILES string of the molecule is Cc1cccc(COC(=O)NCc2cccc(CC(OC(C)C)C(=O)O)c2)n1. The van der Waals surface area contributed by atoms with E-state index in [1.54, 1.807) is 19.9 Å². The van der Waals surface area contributed by atoms with Gasteiger partial charge in [-0.3, -0.25) is 4.98 Å². The molecule has 2 N–H and O–H groups in total. The molecule has 7 heteroatoms. The van der Waals surface area contributed by atoms with Crippen LogP contribution in [0.4, 0.5) is 4.79 Å². The van der Waals surface area contributed by atoms with Gasteiger partial charge in [-0.2, -0.15) is 0 Å². The molecule has 0 saturated heterocycles. The molecule has 2 aromatic rings. The highest BCUT2D eigenvalue weighted by Crippen LogP contribution is 2.11. The Morgan fingerprint density at radius 1 is 1.14 bits per heavy atom. The van der Waals surface area contributed by atoms with Crippen LogP contribution >= 0.6 is 0 Å². The van der Waals surface area contributed by atoms with Crippen molar-refractivity contribution < 1.29 is 24.2 Å². The van der Waals surface area contributed by atoms with Crippen LogP contribution in [0, 0.1) is 6.92 Å². The minimum Gasteiger partial charge on any atom is -0.479 e. The molecular weight excluding hydrogens is 360 g/mol. The Kier molecular flexibility index (Phi) is 7.95. The molecule has 0 bridgehead atoms. The zero-order valence-corrected chi connectivity index (χ0v) is 16.3. The number of hydrogen-bond donors (Lipinski definition) is 2. The number of carboxylic acids is 1. The van der Waals surface area contributed by atoms with Crippen LogP contribution in [0.25, 0.3) is 0 Å². The molecule has 0 spiro atoms. The summed E-state index contributed by atoms with van der Waals surface area (Å²) in [6.45, 7) is 5.84. The number of carbonyl (C=O) groups excluding carboxylic acids is 1. The number of alkyl carbamates (subject to hydrolysis) is 1. The molecule has 0 aliphatic rings. The zero-order valence-electron chi connectivity index (χ0n) is 16.3.